The second-order valence-electron chi connectivity index (χ2n) is 7.26. The van der Waals surface area contributed by atoms with Gasteiger partial charge < -0.3 is 9.47 Å². The van der Waals surface area contributed by atoms with Crippen LogP contribution in [0.15, 0.2) is 47.6 Å². The molecule has 7 heteroatoms. The Morgan fingerprint density at radius 2 is 1.87 bits per heavy atom. The predicted molar refractivity (Wildman–Crippen MR) is 117 cm³/mol. The zero-order valence-electron chi connectivity index (χ0n) is 17.3. The number of amides is 1. The third-order valence-corrected chi connectivity index (χ3v) is 5.56. The normalized spacial score (nSPS) is 16.0. The van der Waals surface area contributed by atoms with Crippen molar-refractivity contribution in [1.29, 1.82) is 0 Å². The summed E-state index contributed by atoms with van der Waals surface area (Å²) in [6.45, 7) is 3.53. The van der Waals surface area contributed by atoms with Crippen LogP contribution in [0.3, 0.4) is 0 Å². The summed E-state index contributed by atoms with van der Waals surface area (Å²) in [6.07, 6.45) is 0.522. The topological polar surface area (TPSA) is 64.0 Å². The number of aryl methyl sites for hydroxylation is 1. The molecule has 1 unspecified atom stereocenters. The van der Waals surface area contributed by atoms with Gasteiger partial charge in [0, 0.05) is 29.9 Å². The van der Waals surface area contributed by atoms with E-state index in [1.54, 1.807) is 14.2 Å². The lowest BCUT2D eigenvalue weighted by Crippen LogP contribution is -2.24. The number of hydrogen-bond acceptors (Lipinski definition) is 5. The van der Waals surface area contributed by atoms with E-state index in [4.69, 9.17) is 21.1 Å². The minimum Gasteiger partial charge on any atom is -0.493 e. The highest BCUT2D eigenvalue weighted by Crippen LogP contribution is 2.38. The number of aromatic nitrogens is 1. The van der Waals surface area contributed by atoms with Gasteiger partial charge in [-0.1, -0.05) is 23.2 Å². The zero-order chi connectivity index (χ0) is 21.4. The molecule has 3 aromatic rings. The molecule has 0 saturated heterocycles. The molecule has 2 aromatic carbocycles. The van der Waals surface area contributed by atoms with Gasteiger partial charge in [0.1, 0.15) is 5.15 Å². The number of methoxy groups -OCH3 is 2. The highest BCUT2D eigenvalue weighted by molar-refractivity contribution is 6.30. The van der Waals surface area contributed by atoms with Crippen LogP contribution in [0.4, 0.5) is 0 Å². The number of hydrazone groups is 1. The molecule has 4 rings (SSSR count). The van der Waals surface area contributed by atoms with Crippen LogP contribution >= 0.6 is 11.6 Å². The maximum Gasteiger partial charge on any atom is 0.240 e. The van der Waals surface area contributed by atoms with Crippen molar-refractivity contribution in [1.82, 2.24) is 9.99 Å². The summed E-state index contributed by atoms with van der Waals surface area (Å²) in [7, 11) is 3.18. The average molecular weight is 424 g/mol. The van der Waals surface area contributed by atoms with E-state index in [0.29, 0.717) is 23.1 Å². The first-order valence-electron chi connectivity index (χ1n) is 9.57. The molecule has 0 radical (unpaired) electrons. The molecule has 30 heavy (non-hydrogen) atoms. The van der Waals surface area contributed by atoms with E-state index in [2.05, 4.69) is 16.2 Å². The standard InChI is InChI=1S/C23H22ClN3O3/c1-13-5-7-18-16(9-13)10-17(23(24)25-18)20-12-19(26-27(20)14(2)28)15-6-8-21(29-3)22(11-15)30-4/h5-11,20H,12H2,1-4H3. The number of carbonyl (C=O) groups is 1. The molecule has 1 aliphatic heterocycles. The molecular weight excluding hydrogens is 402 g/mol. The van der Waals surface area contributed by atoms with Gasteiger partial charge in [0.05, 0.1) is 31.5 Å². The Balaban J connectivity index is 1.75. The Morgan fingerprint density at radius 3 is 2.57 bits per heavy atom. The Morgan fingerprint density at radius 1 is 1.10 bits per heavy atom. The van der Waals surface area contributed by atoms with Crippen molar-refractivity contribution in [3.05, 3.63) is 64.3 Å². The van der Waals surface area contributed by atoms with E-state index in [1.807, 2.05) is 43.3 Å². The van der Waals surface area contributed by atoms with Crippen LogP contribution in [0.1, 0.15) is 36.1 Å². The molecular formula is C23H22ClN3O3. The minimum atomic E-state index is -0.324. The number of benzene rings is 2. The summed E-state index contributed by atoms with van der Waals surface area (Å²) in [4.78, 5) is 16.9. The van der Waals surface area contributed by atoms with Gasteiger partial charge in [0.2, 0.25) is 5.91 Å². The quantitative estimate of drug-likeness (QED) is 0.559. The maximum atomic E-state index is 12.4. The Hall–Kier alpha value is -3.12. The molecule has 154 valence electrons. The van der Waals surface area contributed by atoms with Gasteiger partial charge in [0.25, 0.3) is 0 Å². The SMILES string of the molecule is COc1ccc(C2=NN(C(C)=O)C(c3cc4cc(C)ccc4nc3Cl)C2)cc1OC. The summed E-state index contributed by atoms with van der Waals surface area (Å²) in [5.74, 6) is 1.09. The van der Waals surface area contributed by atoms with E-state index in [0.717, 1.165) is 33.3 Å². The highest BCUT2D eigenvalue weighted by atomic mass is 35.5. The average Bonchev–Trinajstić information content (AvgIpc) is 3.18. The first-order valence-corrected chi connectivity index (χ1v) is 9.95. The van der Waals surface area contributed by atoms with E-state index in [1.165, 1.54) is 11.9 Å². The molecule has 1 atom stereocenters. The van der Waals surface area contributed by atoms with Gasteiger partial charge in [0.15, 0.2) is 11.5 Å². The Kier molecular flexibility index (Phi) is 5.35. The van der Waals surface area contributed by atoms with E-state index >= 15 is 0 Å². The molecule has 2 heterocycles. The van der Waals surface area contributed by atoms with Crippen molar-refractivity contribution >= 4 is 34.1 Å². The number of carbonyl (C=O) groups excluding carboxylic acids is 1. The number of fused-ring (bicyclic) bond motifs is 1. The number of rotatable bonds is 4. The smallest absolute Gasteiger partial charge is 0.240 e. The summed E-state index contributed by atoms with van der Waals surface area (Å²) in [5, 5.41) is 7.45. The maximum absolute atomic E-state index is 12.4. The molecule has 0 aliphatic carbocycles. The van der Waals surface area contributed by atoms with Crippen LogP contribution in [0.25, 0.3) is 10.9 Å². The van der Waals surface area contributed by atoms with Crippen molar-refractivity contribution in [2.45, 2.75) is 26.3 Å². The lowest BCUT2D eigenvalue weighted by atomic mass is 9.98. The van der Waals surface area contributed by atoms with Crippen molar-refractivity contribution in [3.8, 4) is 11.5 Å². The summed E-state index contributed by atoms with van der Waals surface area (Å²) in [6, 6.07) is 13.3. The first-order chi connectivity index (χ1) is 14.4. The fraction of sp³-hybridized carbons (Fsp3) is 0.261. The minimum absolute atomic E-state index is 0.157. The van der Waals surface area contributed by atoms with E-state index in [9.17, 15) is 4.79 Å². The fourth-order valence-corrected chi connectivity index (χ4v) is 4.03. The van der Waals surface area contributed by atoms with E-state index in [-0.39, 0.29) is 11.9 Å². The van der Waals surface area contributed by atoms with Crippen molar-refractivity contribution in [2.75, 3.05) is 14.2 Å². The molecule has 1 amide bonds. The lowest BCUT2D eigenvalue weighted by molar-refractivity contribution is -0.130. The molecule has 0 saturated carbocycles. The van der Waals surface area contributed by atoms with Crippen LogP contribution in [0, 0.1) is 6.92 Å². The first kappa shape index (κ1) is 20.2. The van der Waals surface area contributed by atoms with Gasteiger partial charge in [-0.2, -0.15) is 5.10 Å². The number of hydrogen-bond donors (Lipinski definition) is 0. The lowest BCUT2D eigenvalue weighted by Gasteiger charge is -2.21. The number of pyridine rings is 1. The van der Waals surface area contributed by atoms with Crippen molar-refractivity contribution in [2.24, 2.45) is 5.10 Å². The molecule has 1 aliphatic rings. The molecule has 6 nitrogen and oxygen atoms in total. The molecule has 1 aromatic heterocycles. The molecule has 0 fully saturated rings. The number of ether oxygens (including phenoxy) is 2. The van der Waals surface area contributed by atoms with Crippen LogP contribution in [0.5, 0.6) is 11.5 Å². The van der Waals surface area contributed by atoms with Gasteiger partial charge >= 0.3 is 0 Å². The van der Waals surface area contributed by atoms with Crippen LogP contribution in [-0.2, 0) is 4.79 Å². The van der Waals surface area contributed by atoms with Crippen LogP contribution in [-0.4, -0.2) is 35.8 Å². The summed E-state index contributed by atoms with van der Waals surface area (Å²) >= 11 is 6.54. The summed E-state index contributed by atoms with van der Waals surface area (Å²) < 4.78 is 10.7. The fourth-order valence-electron chi connectivity index (χ4n) is 3.76. The van der Waals surface area contributed by atoms with Crippen LogP contribution < -0.4 is 9.47 Å². The second-order valence-corrected chi connectivity index (χ2v) is 7.62. The third-order valence-electron chi connectivity index (χ3n) is 5.26. The highest BCUT2D eigenvalue weighted by Gasteiger charge is 2.33. The van der Waals surface area contributed by atoms with Gasteiger partial charge in [-0.15, -0.1) is 0 Å². The van der Waals surface area contributed by atoms with Crippen molar-refractivity contribution < 1.29 is 14.3 Å². The zero-order valence-corrected chi connectivity index (χ0v) is 18.0. The molecule has 0 spiro atoms. The predicted octanol–water partition coefficient (Wildman–Crippen LogP) is 4.91. The van der Waals surface area contributed by atoms with E-state index < -0.39 is 0 Å². The van der Waals surface area contributed by atoms with Gasteiger partial charge in [-0.3, -0.25) is 4.79 Å². The molecule has 0 N–H and O–H groups in total. The van der Waals surface area contributed by atoms with Crippen molar-refractivity contribution in [3.63, 3.8) is 0 Å². The largest absolute Gasteiger partial charge is 0.493 e. The van der Waals surface area contributed by atoms with Gasteiger partial charge in [-0.05, 0) is 43.3 Å². The Bertz CT molecular complexity index is 1180. The second kappa shape index (κ2) is 7.95. The monoisotopic (exact) mass is 423 g/mol. The molecule has 0 bridgehead atoms. The number of halogens is 1. The number of nitrogens with zero attached hydrogens (tertiary/aromatic N) is 3. The third kappa shape index (κ3) is 3.59. The Labute approximate surface area is 180 Å². The van der Waals surface area contributed by atoms with Crippen LogP contribution in [0.2, 0.25) is 5.15 Å². The summed E-state index contributed by atoms with van der Waals surface area (Å²) in [5.41, 5.74) is 4.38. The van der Waals surface area contributed by atoms with Gasteiger partial charge in [-0.25, -0.2) is 9.99 Å².